The van der Waals surface area contributed by atoms with Crippen molar-refractivity contribution in [1.29, 1.82) is 0 Å². The van der Waals surface area contributed by atoms with E-state index in [4.69, 9.17) is 16.3 Å². The molecule has 0 aliphatic carbocycles. The summed E-state index contributed by atoms with van der Waals surface area (Å²) in [6.07, 6.45) is 1.91. The number of hydrogen-bond acceptors (Lipinski definition) is 4. The topological polar surface area (TPSA) is 58.6 Å². The van der Waals surface area contributed by atoms with E-state index >= 15 is 0 Å². The minimum absolute atomic E-state index is 0.139. The molecule has 5 nitrogen and oxygen atoms in total. The van der Waals surface area contributed by atoms with Crippen LogP contribution in [0.4, 0.5) is 0 Å². The molecule has 0 spiro atoms. The van der Waals surface area contributed by atoms with Gasteiger partial charge in [-0.3, -0.25) is 15.0 Å². The maximum Gasteiger partial charge on any atom is 0.308 e. The van der Waals surface area contributed by atoms with Crippen molar-refractivity contribution >= 4 is 45.1 Å². The smallest absolute Gasteiger partial charge is 0.308 e. The fourth-order valence-electron chi connectivity index (χ4n) is 2.76. The number of ether oxygens (including phenoxy) is 1. The van der Waals surface area contributed by atoms with Crippen molar-refractivity contribution in [2.24, 2.45) is 0 Å². The Morgan fingerprint density at radius 1 is 1.15 bits per heavy atom. The monoisotopic (exact) mass is 434 g/mol. The number of nitrogens with zero attached hydrogens (tertiary/aromatic N) is 1. The third-order valence-corrected chi connectivity index (χ3v) is 4.64. The van der Waals surface area contributed by atoms with Gasteiger partial charge in [0.05, 0.1) is 11.7 Å². The molecule has 1 aliphatic heterocycles. The Morgan fingerprint density at radius 2 is 1.85 bits per heavy atom. The molecular formula is C19H16BrClN2O3. The molecule has 1 N–H and O–H groups in total. The SMILES string of the molecule is CC(=O)Oc1ccc(Cl)cc1C1=C[C@H](c2ccc(Br)cc2)N(C(C)=O)N1. The van der Waals surface area contributed by atoms with E-state index in [-0.39, 0.29) is 11.9 Å². The van der Waals surface area contributed by atoms with Crippen LogP contribution >= 0.6 is 27.5 Å². The van der Waals surface area contributed by atoms with E-state index in [9.17, 15) is 9.59 Å². The number of hydrogen-bond donors (Lipinski definition) is 1. The third-order valence-electron chi connectivity index (χ3n) is 3.88. The highest BCUT2D eigenvalue weighted by atomic mass is 79.9. The fourth-order valence-corrected chi connectivity index (χ4v) is 3.19. The van der Waals surface area contributed by atoms with E-state index in [1.54, 1.807) is 18.2 Å². The van der Waals surface area contributed by atoms with Crippen LogP contribution in [-0.4, -0.2) is 16.9 Å². The standard InChI is InChI=1S/C19H16BrClN2O3/c1-11(24)23-18(13-3-5-14(20)6-4-13)10-17(22-23)16-9-15(21)7-8-19(16)26-12(2)25/h3-10,18,22H,1-2H3/t18-/m1/s1. The lowest BCUT2D eigenvalue weighted by Gasteiger charge is -2.24. The van der Waals surface area contributed by atoms with E-state index < -0.39 is 5.97 Å². The van der Waals surface area contributed by atoms with Gasteiger partial charge in [0.25, 0.3) is 0 Å². The molecule has 134 valence electrons. The average Bonchev–Trinajstić information content (AvgIpc) is 3.02. The van der Waals surface area contributed by atoms with Crippen molar-refractivity contribution in [3.63, 3.8) is 0 Å². The van der Waals surface area contributed by atoms with Gasteiger partial charge in [0.1, 0.15) is 5.75 Å². The number of halogens is 2. The van der Waals surface area contributed by atoms with Crippen molar-refractivity contribution in [3.8, 4) is 5.75 Å². The molecule has 0 radical (unpaired) electrons. The lowest BCUT2D eigenvalue weighted by atomic mass is 10.0. The van der Waals surface area contributed by atoms with Crippen molar-refractivity contribution in [3.05, 3.63) is 69.2 Å². The lowest BCUT2D eigenvalue weighted by Crippen LogP contribution is -2.37. The molecule has 0 unspecified atom stereocenters. The van der Waals surface area contributed by atoms with E-state index in [1.165, 1.54) is 18.9 Å². The van der Waals surface area contributed by atoms with Gasteiger partial charge in [0.15, 0.2) is 0 Å². The molecule has 0 fully saturated rings. The quantitative estimate of drug-likeness (QED) is 0.570. The first-order chi connectivity index (χ1) is 12.3. The maximum atomic E-state index is 12.1. The third kappa shape index (κ3) is 3.92. The highest BCUT2D eigenvalue weighted by Crippen LogP contribution is 2.36. The first-order valence-corrected chi connectivity index (χ1v) is 9.04. The van der Waals surface area contributed by atoms with Crippen molar-refractivity contribution < 1.29 is 14.3 Å². The van der Waals surface area contributed by atoms with Gasteiger partial charge in [0.2, 0.25) is 5.91 Å². The zero-order valence-electron chi connectivity index (χ0n) is 14.1. The van der Waals surface area contributed by atoms with Crippen LogP contribution in [0.1, 0.15) is 31.0 Å². The summed E-state index contributed by atoms with van der Waals surface area (Å²) in [5.74, 6) is -0.194. The molecule has 2 aromatic rings. The normalized spacial score (nSPS) is 16.1. The second kappa shape index (κ2) is 7.51. The zero-order valence-corrected chi connectivity index (χ0v) is 16.5. The van der Waals surface area contributed by atoms with Gasteiger partial charge < -0.3 is 4.74 Å². The van der Waals surface area contributed by atoms with Crippen LogP contribution in [0.3, 0.4) is 0 Å². The molecule has 1 amide bonds. The van der Waals surface area contributed by atoms with Gasteiger partial charge in [-0.15, -0.1) is 0 Å². The molecule has 3 rings (SSSR count). The number of carbonyl (C=O) groups excluding carboxylic acids is 2. The van der Waals surface area contributed by atoms with Gasteiger partial charge in [-0.1, -0.05) is 39.7 Å². The number of nitrogens with one attached hydrogen (secondary N) is 1. The largest absolute Gasteiger partial charge is 0.426 e. The number of rotatable bonds is 3. The average molecular weight is 436 g/mol. The fraction of sp³-hybridized carbons (Fsp3) is 0.158. The molecule has 0 saturated carbocycles. The van der Waals surface area contributed by atoms with Gasteiger partial charge in [0, 0.05) is 28.9 Å². The Balaban J connectivity index is 2.04. The Hall–Kier alpha value is -2.31. The van der Waals surface area contributed by atoms with Gasteiger partial charge in [-0.05, 0) is 42.0 Å². The van der Waals surface area contributed by atoms with Crippen LogP contribution in [0.5, 0.6) is 5.75 Å². The number of esters is 1. The van der Waals surface area contributed by atoms with E-state index in [1.807, 2.05) is 30.3 Å². The first-order valence-electron chi connectivity index (χ1n) is 7.87. The summed E-state index contributed by atoms with van der Waals surface area (Å²) in [4.78, 5) is 23.5. The Labute approximate surface area is 164 Å². The maximum absolute atomic E-state index is 12.1. The summed E-state index contributed by atoms with van der Waals surface area (Å²) < 4.78 is 6.23. The Kier molecular flexibility index (Phi) is 5.34. The molecular weight excluding hydrogens is 420 g/mol. The van der Waals surface area contributed by atoms with E-state index in [0.29, 0.717) is 22.0 Å². The van der Waals surface area contributed by atoms with Crippen LogP contribution in [-0.2, 0) is 9.59 Å². The van der Waals surface area contributed by atoms with Gasteiger partial charge in [-0.25, -0.2) is 5.01 Å². The van der Waals surface area contributed by atoms with Crippen molar-refractivity contribution in [2.75, 3.05) is 0 Å². The molecule has 1 aliphatic rings. The minimum atomic E-state index is -0.431. The number of amides is 1. The van der Waals surface area contributed by atoms with Gasteiger partial charge in [-0.2, -0.15) is 0 Å². The number of carbonyl (C=O) groups is 2. The second-order valence-electron chi connectivity index (χ2n) is 5.81. The lowest BCUT2D eigenvalue weighted by molar-refractivity contribution is -0.133. The Bertz CT molecular complexity index is 896. The van der Waals surface area contributed by atoms with E-state index in [0.717, 1.165) is 10.0 Å². The zero-order chi connectivity index (χ0) is 18.8. The number of benzene rings is 2. The highest BCUT2D eigenvalue weighted by Gasteiger charge is 2.30. The summed E-state index contributed by atoms with van der Waals surface area (Å²) in [6.45, 7) is 2.82. The van der Waals surface area contributed by atoms with Crippen LogP contribution in [0.25, 0.3) is 5.70 Å². The molecule has 0 saturated heterocycles. The molecule has 0 aromatic heterocycles. The summed E-state index contributed by atoms with van der Waals surface area (Å²) in [7, 11) is 0. The second-order valence-corrected chi connectivity index (χ2v) is 7.16. The summed E-state index contributed by atoms with van der Waals surface area (Å²) in [6, 6.07) is 12.4. The minimum Gasteiger partial charge on any atom is -0.426 e. The molecule has 0 bridgehead atoms. The predicted molar refractivity (Wildman–Crippen MR) is 103 cm³/mol. The summed E-state index contributed by atoms with van der Waals surface area (Å²) in [5.41, 5.74) is 5.30. The van der Waals surface area contributed by atoms with E-state index in [2.05, 4.69) is 21.4 Å². The van der Waals surface area contributed by atoms with Crippen LogP contribution in [0.2, 0.25) is 5.02 Å². The number of hydrazine groups is 1. The van der Waals surface area contributed by atoms with Crippen LogP contribution in [0, 0.1) is 0 Å². The summed E-state index contributed by atoms with van der Waals surface area (Å²) >= 11 is 9.53. The first kappa shape index (κ1) is 18.5. The van der Waals surface area contributed by atoms with Crippen LogP contribution < -0.4 is 10.2 Å². The van der Waals surface area contributed by atoms with Crippen LogP contribution in [0.15, 0.2) is 53.0 Å². The van der Waals surface area contributed by atoms with Crippen molar-refractivity contribution in [1.82, 2.24) is 10.4 Å². The molecule has 2 aromatic carbocycles. The highest BCUT2D eigenvalue weighted by molar-refractivity contribution is 9.10. The molecule has 1 atom stereocenters. The molecule has 7 heteroatoms. The molecule has 26 heavy (non-hydrogen) atoms. The molecule has 1 heterocycles. The van der Waals surface area contributed by atoms with Gasteiger partial charge >= 0.3 is 5.97 Å². The van der Waals surface area contributed by atoms with Crippen molar-refractivity contribution in [2.45, 2.75) is 19.9 Å². The Morgan fingerprint density at radius 3 is 2.46 bits per heavy atom. The predicted octanol–water partition coefficient (Wildman–Crippen LogP) is 4.48. The summed E-state index contributed by atoms with van der Waals surface area (Å²) in [5, 5.41) is 2.02.